The molecule has 0 atom stereocenters. The molecular weight excluding hydrogens is 267 g/mol. The molecule has 1 N–H and O–H groups in total. The fourth-order valence-corrected chi connectivity index (χ4v) is 1.90. The average Bonchev–Trinajstić information content (AvgIpc) is 2.87. The molecule has 1 aromatic heterocycles. The van der Waals surface area contributed by atoms with Crippen molar-refractivity contribution in [3.05, 3.63) is 47.8 Å². The number of alkyl halides is 3. The second kappa shape index (κ2) is 6.09. The molecule has 0 bridgehead atoms. The fraction of sp³-hybridized carbons (Fsp3) is 0.357. The SMILES string of the molecule is CCCNCc1ccn(-c2ccccc2C(F)(F)F)n1. The third kappa shape index (κ3) is 3.39. The van der Waals surface area contributed by atoms with Gasteiger partial charge in [-0.15, -0.1) is 0 Å². The average molecular weight is 283 g/mol. The van der Waals surface area contributed by atoms with Crippen molar-refractivity contribution in [2.24, 2.45) is 0 Å². The summed E-state index contributed by atoms with van der Waals surface area (Å²) < 4.78 is 40.1. The maximum atomic E-state index is 12.9. The number of nitrogens with zero attached hydrogens (tertiary/aromatic N) is 2. The minimum atomic E-state index is -4.39. The molecular formula is C14H16F3N3. The quantitative estimate of drug-likeness (QED) is 0.852. The van der Waals surface area contributed by atoms with Gasteiger partial charge in [0.05, 0.1) is 16.9 Å². The van der Waals surface area contributed by atoms with Gasteiger partial charge in [-0.1, -0.05) is 19.1 Å². The van der Waals surface area contributed by atoms with Crippen LogP contribution in [0.4, 0.5) is 13.2 Å². The molecule has 0 radical (unpaired) electrons. The summed E-state index contributed by atoms with van der Waals surface area (Å²) in [6, 6.07) is 7.14. The molecule has 0 spiro atoms. The molecule has 2 aromatic rings. The summed E-state index contributed by atoms with van der Waals surface area (Å²) in [6.07, 6.45) is -1.84. The Morgan fingerprint density at radius 3 is 2.65 bits per heavy atom. The van der Waals surface area contributed by atoms with Gasteiger partial charge in [0.1, 0.15) is 0 Å². The van der Waals surface area contributed by atoms with Gasteiger partial charge < -0.3 is 5.32 Å². The van der Waals surface area contributed by atoms with Crippen LogP contribution in [0.25, 0.3) is 5.69 Å². The first-order valence-electron chi connectivity index (χ1n) is 6.44. The minimum Gasteiger partial charge on any atom is -0.311 e. The summed E-state index contributed by atoms with van der Waals surface area (Å²) in [4.78, 5) is 0. The predicted molar refractivity (Wildman–Crippen MR) is 70.6 cm³/mol. The summed E-state index contributed by atoms with van der Waals surface area (Å²) in [5.74, 6) is 0. The van der Waals surface area contributed by atoms with E-state index in [0.29, 0.717) is 6.54 Å². The topological polar surface area (TPSA) is 29.9 Å². The zero-order valence-electron chi connectivity index (χ0n) is 11.1. The van der Waals surface area contributed by atoms with Gasteiger partial charge in [-0.3, -0.25) is 0 Å². The smallest absolute Gasteiger partial charge is 0.311 e. The van der Waals surface area contributed by atoms with E-state index in [1.54, 1.807) is 18.3 Å². The van der Waals surface area contributed by atoms with Crippen LogP contribution in [0.2, 0.25) is 0 Å². The zero-order valence-corrected chi connectivity index (χ0v) is 11.1. The van der Waals surface area contributed by atoms with E-state index in [0.717, 1.165) is 24.7 Å². The second-order valence-corrected chi connectivity index (χ2v) is 4.44. The van der Waals surface area contributed by atoms with E-state index in [-0.39, 0.29) is 5.69 Å². The molecule has 0 aliphatic carbocycles. The highest BCUT2D eigenvalue weighted by Crippen LogP contribution is 2.33. The maximum absolute atomic E-state index is 12.9. The van der Waals surface area contributed by atoms with Crippen LogP contribution in [0.5, 0.6) is 0 Å². The number of aromatic nitrogens is 2. The van der Waals surface area contributed by atoms with Crippen molar-refractivity contribution in [2.75, 3.05) is 6.54 Å². The predicted octanol–water partition coefficient (Wildman–Crippen LogP) is 3.39. The molecule has 1 heterocycles. The highest BCUT2D eigenvalue weighted by molar-refractivity contribution is 5.42. The van der Waals surface area contributed by atoms with Crippen LogP contribution < -0.4 is 5.32 Å². The number of nitrogens with one attached hydrogen (secondary N) is 1. The van der Waals surface area contributed by atoms with Gasteiger partial charge in [0, 0.05) is 12.7 Å². The Balaban J connectivity index is 2.24. The van der Waals surface area contributed by atoms with Gasteiger partial charge in [-0.05, 0) is 31.2 Å². The molecule has 108 valence electrons. The number of benzene rings is 1. The minimum absolute atomic E-state index is 0.0433. The standard InChI is InChI=1S/C14H16F3N3/c1-2-8-18-10-11-7-9-20(19-11)13-6-4-3-5-12(13)14(15,16)17/h3-7,9,18H,2,8,10H2,1H3. The largest absolute Gasteiger partial charge is 0.418 e. The highest BCUT2D eigenvalue weighted by Gasteiger charge is 2.33. The monoisotopic (exact) mass is 283 g/mol. The number of rotatable bonds is 5. The Kier molecular flexibility index (Phi) is 4.44. The van der Waals surface area contributed by atoms with Crippen molar-refractivity contribution in [1.29, 1.82) is 0 Å². The Morgan fingerprint density at radius 1 is 1.20 bits per heavy atom. The first-order valence-corrected chi connectivity index (χ1v) is 6.44. The maximum Gasteiger partial charge on any atom is 0.418 e. The van der Waals surface area contributed by atoms with Gasteiger partial charge in [0.2, 0.25) is 0 Å². The summed E-state index contributed by atoms with van der Waals surface area (Å²) >= 11 is 0. The Bertz CT molecular complexity index is 561. The number of hydrogen-bond donors (Lipinski definition) is 1. The lowest BCUT2D eigenvalue weighted by Crippen LogP contribution is -2.15. The van der Waals surface area contributed by atoms with Crippen molar-refractivity contribution in [2.45, 2.75) is 26.1 Å². The van der Waals surface area contributed by atoms with E-state index in [1.165, 1.54) is 16.8 Å². The Morgan fingerprint density at radius 2 is 1.95 bits per heavy atom. The van der Waals surface area contributed by atoms with Gasteiger partial charge in [0.15, 0.2) is 0 Å². The number of halogens is 3. The van der Waals surface area contributed by atoms with E-state index in [9.17, 15) is 13.2 Å². The molecule has 0 fully saturated rings. The lowest BCUT2D eigenvalue weighted by Gasteiger charge is -2.12. The van der Waals surface area contributed by atoms with E-state index >= 15 is 0 Å². The van der Waals surface area contributed by atoms with Crippen molar-refractivity contribution in [1.82, 2.24) is 15.1 Å². The molecule has 0 aliphatic heterocycles. The van der Waals surface area contributed by atoms with E-state index in [4.69, 9.17) is 0 Å². The van der Waals surface area contributed by atoms with Gasteiger partial charge in [-0.25, -0.2) is 4.68 Å². The van der Waals surface area contributed by atoms with Crippen LogP contribution >= 0.6 is 0 Å². The van der Waals surface area contributed by atoms with Crippen LogP contribution in [0.1, 0.15) is 24.6 Å². The van der Waals surface area contributed by atoms with Crippen molar-refractivity contribution >= 4 is 0 Å². The van der Waals surface area contributed by atoms with Gasteiger partial charge in [-0.2, -0.15) is 18.3 Å². The second-order valence-electron chi connectivity index (χ2n) is 4.44. The molecule has 2 rings (SSSR count). The van der Waals surface area contributed by atoms with Crippen LogP contribution in [0, 0.1) is 0 Å². The molecule has 0 saturated carbocycles. The van der Waals surface area contributed by atoms with Crippen LogP contribution in [-0.2, 0) is 12.7 Å². The summed E-state index contributed by atoms with van der Waals surface area (Å²) in [6.45, 7) is 3.45. The third-order valence-electron chi connectivity index (χ3n) is 2.83. The molecule has 3 nitrogen and oxygen atoms in total. The summed E-state index contributed by atoms with van der Waals surface area (Å²) in [5.41, 5.74) is 0.0772. The molecule has 0 unspecified atom stereocenters. The van der Waals surface area contributed by atoms with Crippen LogP contribution in [0.15, 0.2) is 36.5 Å². The molecule has 0 saturated heterocycles. The third-order valence-corrected chi connectivity index (χ3v) is 2.83. The van der Waals surface area contributed by atoms with Crippen molar-refractivity contribution in [3.63, 3.8) is 0 Å². The molecule has 20 heavy (non-hydrogen) atoms. The highest BCUT2D eigenvalue weighted by atomic mass is 19.4. The lowest BCUT2D eigenvalue weighted by atomic mass is 10.2. The molecule has 0 amide bonds. The van der Waals surface area contributed by atoms with Gasteiger partial charge in [0.25, 0.3) is 0 Å². The normalized spacial score (nSPS) is 11.8. The zero-order chi connectivity index (χ0) is 14.6. The summed E-state index contributed by atoms with van der Waals surface area (Å²) in [7, 11) is 0. The van der Waals surface area contributed by atoms with Crippen LogP contribution in [-0.4, -0.2) is 16.3 Å². The molecule has 6 heteroatoms. The lowest BCUT2D eigenvalue weighted by molar-refractivity contribution is -0.137. The first kappa shape index (κ1) is 14.6. The number of hydrogen-bond acceptors (Lipinski definition) is 2. The van der Waals surface area contributed by atoms with Crippen molar-refractivity contribution in [3.8, 4) is 5.69 Å². The molecule has 1 aromatic carbocycles. The van der Waals surface area contributed by atoms with Crippen LogP contribution in [0.3, 0.4) is 0 Å². The summed E-state index contributed by atoms with van der Waals surface area (Å²) in [5, 5.41) is 7.34. The number of para-hydroxylation sites is 1. The molecule has 0 aliphatic rings. The van der Waals surface area contributed by atoms with E-state index < -0.39 is 11.7 Å². The Hall–Kier alpha value is -1.82. The van der Waals surface area contributed by atoms with Gasteiger partial charge >= 0.3 is 6.18 Å². The fourth-order valence-electron chi connectivity index (χ4n) is 1.90. The van der Waals surface area contributed by atoms with E-state index in [1.807, 2.05) is 6.92 Å². The van der Waals surface area contributed by atoms with E-state index in [2.05, 4.69) is 10.4 Å². The Labute approximate surface area is 115 Å². The first-order chi connectivity index (χ1) is 9.52. The van der Waals surface area contributed by atoms with Crippen molar-refractivity contribution < 1.29 is 13.2 Å².